The molecule has 6 nitrogen and oxygen atoms in total. The van der Waals surface area contributed by atoms with E-state index in [4.69, 9.17) is 15.2 Å². The third-order valence-corrected chi connectivity index (χ3v) is 4.42. The van der Waals surface area contributed by atoms with E-state index < -0.39 is 10.0 Å². The number of benzene rings is 1. The Morgan fingerprint density at radius 1 is 1.35 bits per heavy atom. The number of sulfonamides is 1. The molecule has 1 aromatic carbocycles. The van der Waals surface area contributed by atoms with Crippen molar-refractivity contribution in [3.63, 3.8) is 0 Å². The molecule has 1 atom stereocenters. The molecule has 0 radical (unpaired) electrons. The van der Waals surface area contributed by atoms with Crippen LogP contribution in [0.1, 0.15) is 12.5 Å². The summed E-state index contributed by atoms with van der Waals surface area (Å²) in [6.45, 7) is 2.42. The molecule has 0 spiro atoms. The molecule has 1 rings (SSSR count). The van der Waals surface area contributed by atoms with Crippen LogP contribution in [-0.4, -0.2) is 41.9 Å². The number of nitrogens with two attached hydrogens (primary N) is 1. The van der Waals surface area contributed by atoms with Gasteiger partial charge in [-0.3, -0.25) is 0 Å². The van der Waals surface area contributed by atoms with E-state index in [-0.39, 0.29) is 17.5 Å². The van der Waals surface area contributed by atoms with Gasteiger partial charge in [-0.2, -0.15) is 0 Å². The van der Waals surface area contributed by atoms with Gasteiger partial charge in [0.25, 0.3) is 0 Å². The van der Waals surface area contributed by atoms with Gasteiger partial charge in [0.15, 0.2) is 0 Å². The Labute approximate surface area is 120 Å². The standard InChI is InChI=1S/C13H22N2O4S/c1-4-10-5-6-12(7-13(10)14)20(16,17)15-8-11(19-3)9-18-2/h5-7,11,15H,4,8-9,14H2,1-3H3. The maximum Gasteiger partial charge on any atom is 0.240 e. The number of aryl methyl sites for hydroxylation is 1. The van der Waals surface area contributed by atoms with E-state index in [0.29, 0.717) is 12.3 Å². The summed E-state index contributed by atoms with van der Waals surface area (Å²) in [5, 5.41) is 0. The summed E-state index contributed by atoms with van der Waals surface area (Å²) in [4.78, 5) is 0.152. The van der Waals surface area contributed by atoms with Crippen LogP contribution >= 0.6 is 0 Å². The van der Waals surface area contributed by atoms with E-state index in [0.717, 1.165) is 12.0 Å². The second-order valence-corrected chi connectivity index (χ2v) is 6.15. The molecule has 0 fully saturated rings. The topological polar surface area (TPSA) is 90.7 Å². The molecule has 1 aromatic rings. The second-order valence-electron chi connectivity index (χ2n) is 4.38. The average Bonchev–Trinajstić information content (AvgIpc) is 2.43. The van der Waals surface area contributed by atoms with Gasteiger partial charge in [0.05, 0.1) is 17.6 Å². The monoisotopic (exact) mass is 302 g/mol. The maximum atomic E-state index is 12.1. The lowest BCUT2D eigenvalue weighted by molar-refractivity contribution is 0.0320. The minimum Gasteiger partial charge on any atom is -0.398 e. The van der Waals surface area contributed by atoms with E-state index in [9.17, 15) is 8.42 Å². The Hall–Kier alpha value is -1.15. The molecule has 0 aliphatic rings. The lowest BCUT2D eigenvalue weighted by Crippen LogP contribution is -2.35. The third-order valence-electron chi connectivity index (χ3n) is 3.00. The summed E-state index contributed by atoms with van der Waals surface area (Å²) in [6.07, 6.45) is 0.432. The first-order valence-electron chi connectivity index (χ1n) is 6.34. The maximum absolute atomic E-state index is 12.1. The number of methoxy groups -OCH3 is 2. The van der Waals surface area contributed by atoms with Gasteiger partial charge in [-0.15, -0.1) is 0 Å². The lowest BCUT2D eigenvalue weighted by Gasteiger charge is -2.15. The van der Waals surface area contributed by atoms with Crippen molar-refractivity contribution in [3.8, 4) is 0 Å². The predicted octanol–water partition coefficient (Wildman–Crippen LogP) is 0.771. The van der Waals surface area contributed by atoms with Crippen molar-refractivity contribution < 1.29 is 17.9 Å². The summed E-state index contributed by atoms with van der Waals surface area (Å²) in [7, 11) is -0.558. The Morgan fingerprint density at radius 3 is 2.55 bits per heavy atom. The minimum absolute atomic E-state index is 0.141. The fraction of sp³-hybridized carbons (Fsp3) is 0.538. The Morgan fingerprint density at radius 2 is 2.05 bits per heavy atom. The van der Waals surface area contributed by atoms with Crippen LogP contribution in [0.2, 0.25) is 0 Å². The normalized spacial score (nSPS) is 13.3. The number of rotatable bonds is 8. The van der Waals surface area contributed by atoms with Gasteiger partial charge in [-0.1, -0.05) is 13.0 Å². The summed E-state index contributed by atoms with van der Waals surface area (Å²) in [5.74, 6) is 0. The van der Waals surface area contributed by atoms with Crippen molar-refractivity contribution in [2.24, 2.45) is 0 Å². The Bertz CT molecular complexity index is 531. The summed E-state index contributed by atoms with van der Waals surface area (Å²) >= 11 is 0. The molecule has 20 heavy (non-hydrogen) atoms. The van der Waals surface area contributed by atoms with Crippen LogP contribution in [0.15, 0.2) is 23.1 Å². The highest BCUT2D eigenvalue weighted by Crippen LogP contribution is 2.18. The van der Waals surface area contributed by atoms with Crippen LogP contribution in [0.4, 0.5) is 5.69 Å². The van der Waals surface area contributed by atoms with Crippen molar-refractivity contribution in [1.82, 2.24) is 4.72 Å². The van der Waals surface area contributed by atoms with E-state index in [2.05, 4.69) is 4.72 Å². The Balaban J connectivity index is 2.81. The molecule has 0 bridgehead atoms. The summed E-state index contributed by atoms with van der Waals surface area (Å²) in [5.41, 5.74) is 7.23. The van der Waals surface area contributed by atoms with E-state index >= 15 is 0 Å². The molecule has 114 valence electrons. The minimum atomic E-state index is -3.60. The third kappa shape index (κ3) is 4.45. The van der Waals surface area contributed by atoms with Gasteiger partial charge < -0.3 is 15.2 Å². The molecule has 3 N–H and O–H groups in total. The molecule has 0 aromatic heterocycles. The average molecular weight is 302 g/mol. The molecule has 0 heterocycles. The molecule has 0 aliphatic carbocycles. The van der Waals surface area contributed by atoms with Gasteiger partial charge in [0, 0.05) is 26.5 Å². The van der Waals surface area contributed by atoms with E-state index in [1.165, 1.54) is 20.3 Å². The molecule has 0 amide bonds. The number of anilines is 1. The zero-order chi connectivity index (χ0) is 15.2. The first-order chi connectivity index (χ1) is 9.44. The number of hydrogen-bond acceptors (Lipinski definition) is 5. The second kappa shape index (κ2) is 7.58. The number of nitrogens with one attached hydrogen (secondary N) is 1. The molecule has 7 heteroatoms. The first-order valence-corrected chi connectivity index (χ1v) is 7.82. The summed E-state index contributed by atoms with van der Waals surface area (Å²) < 4.78 is 36.8. The summed E-state index contributed by atoms with van der Waals surface area (Å²) in [6, 6.07) is 4.75. The quantitative estimate of drug-likeness (QED) is 0.692. The zero-order valence-electron chi connectivity index (χ0n) is 12.0. The fourth-order valence-corrected chi connectivity index (χ4v) is 2.85. The zero-order valence-corrected chi connectivity index (χ0v) is 12.9. The highest BCUT2D eigenvalue weighted by atomic mass is 32.2. The van der Waals surface area contributed by atoms with Crippen molar-refractivity contribution in [3.05, 3.63) is 23.8 Å². The van der Waals surface area contributed by atoms with E-state index in [1.54, 1.807) is 12.1 Å². The van der Waals surface area contributed by atoms with Crippen LogP contribution in [0.3, 0.4) is 0 Å². The van der Waals surface area contributed by atoms with Crippen molar-refractivity contribution in [1.29, 1.82) is 0 Å². The highest BCUT2D eigenvalue weighted by Gasteiger charge is 2.17. The molecular formula is C13H22N2O4S. The van der Waals surface area contributed by atoms with Gasteiger partial charge >= 0.3 is 0 Å². The lowest BCUT2D eigenvalue weighted by atomic mass is 10.1. The predicted molar refractivity (Wildman–Crippen MR) is 78.1 cm³/mol. The van der Waals surface area contributed by atoms with Gasteiger partial charge in [0.1, 0.15) is 0 Å². The van der Waals surface area contributed by atoms with Crippen molar-refractivity contribution in [2.75, 3.05) is 33.1 Å². The number of ether oxygens (including phenoxy) is 2. The van der Waals surface area contributed by atoms with Crippen LogP contribution in [0.25, 0.3) is 0 Å². The molecule has 0 aliphatic heterocycles. The smallest absolute Gasteiger partial charge is 0.240 e. The van der Waals surface area contributed by atoms with Crippen molar-refractivity contribution >= 4 is 15.7 Å². The largest absolute Gasteiger partial charge is 0.398 e. The van der Waals surface area contributed by atoms with Crippen LogP contribution in [-0.2, 0) is 25.9 Å². The SMILES string of the molecule is CCc1ccc(S(=O)(=O)NCC(COC)OC)cc1N. The van der Waals surface area contributed by atoms with Crippen LogP contribution in [0.5, 0.6) is 0 Å². The van der Waals surface area contributed by atoms with Gasteiger partial charge in [0.2, 0.25) is 10.0 Å². The highest BCUT2D eigenvalue weighted by molar-refractivity contribution is 7.89. The Kier molecular flexibility index (Phi) is 6.41. The van der Waals surface area contributed by atoms with Crippen LogP contribution in [0, 0.1) is 0 Å². The molecule has 0 saturated carbocycles. The van der Waals surface area contributed by atoms with Gasteiger partial charge in [-0.05, 0) is 24.1 Å². The number of nitrogen functional groups attached to an aromatic ring is 1. The molecular weight excluding hydrogens is 280 g/mol. The van der Waals surface area contributed by atoms with Crippen LogP contribution < -0.4 is 10.5 Å². The number of hydrogen-bond donors (Lipinski definition) is 2. The molecule has 0 saturated heterocycles. The fourth-order valence-electron chi connectivity index (χ4n) is 1.74. The molecule has 1 unspecified atom stereocenters. The van der Waals surface area contributed by atoms with Gasteiger partial charge in [-0.25, -0.2) is 13.1 Å². The van der Waals surface area contributed by atoms with E-state index in [1.807, 2.05) is 6.92 Å². The van der Waals surface area contributed by atoms with Crippen molar-refractivity contribution in [2.45, 2.75) is 24.3 Å². The first kappa shape index (κ1) is 16.9.